The Kier molecular flexibility index (Phi) is 6.42. The van der Waals surface area contributed by atoms with Crippen LogP contribution in [-0.4, -0.2) is 55.7 Å². The maximum Gasteiger partial charge on any atom is 0.341 e. The predicted molar refractivity (Wildman–Crippen MR) is 85.6 cm³/mol. The summed E-state index contributed by atoms with van der Waals surface area (Å²) in [5.41, 5.74) is 6.64. The van der Waals surface area contributed by atoms with Crippen LogP contribution >= 0.6 is 0 Å². The molecule has 6 nitrogen and oxygen atoms in total. The number of nitrogens with zero attached hydrogens (tertiary/aromatic N) is 3. The van der Waals surface area contributed by atoms with Gasteiger partial charge in [0, 0.05) is 19.1 Å². The normalized spacial score (nSPS) is 12.3. The summed E-state index contributed by atoms with van der Waals surface area (Å²) in [6, 6.07) is 1.85. The van der Waals surface area contributed by atoms with E-state index in [1.807, 2.05) is 21.0 Å². The van der Waals surface area contributed by atoms with Crippen LogP contribution in [0.5, 0.6) is 0 Å². The Morgan fingerprint density at radius 1 is 1.43 bits per heavy atom. The van der Waals surface area contributed by atoms with E-state index in [0.29, 0.717) is 23.7 Å². The second-order valence-electron chi connectivity index (χ2n) is 5.26. The Balaban J connectivity index is 3.16. The Hall–Kier alpha value is -1.82. The summed E-state index contributed by atoms with van der Waals surface area (Å²) in [5.74, 6) is 0.238. The fourth-order valence-corrected chi connectivity index (χ4v) is 2.36. The van der Waals surface area contributed by atoms with Gasteiger partial charge in [0.2, 0.25) is 0 Å². The quantitative estimate of drug-likeness (QED) is 0.770. The van der Waals surface area contributed by atoms with Gasteiger partial charge in [-0.2, -0.15) is 0 Å². The van der Waals surface area contributed by atoms with E-state index in [1.54, 1.807) is 19.2 Å². The standard InChI is InChI=1S/C15H26N4O2/c1-6-19(11(3)10-18(4)5)14-13(15(20)21-7-2)8-12(16)9-17-14/h8-9,11H,6-7,10,16H2,1-5H3. The van der Waals surface area contributed by atoms with E-state index in [-0.39, 0.29) is 12.0 Å². The van der Waals surface area contributed by atoms with Crippen molar-refractivity contribution >= 4 is 17.5 Å². The lowest BCUT2D eigenvalue weighted by Crippen LogP contribution is -2.41. The zero-order valence-electron chi connectivity index (χ0n) is 13.6. The van der Waals surface area contributed by atoms with Gasteiger partial charge in [0.15, 0.2) is 0 Å². The summed E-state index contributed by atoms with van der Waals surface area (Å²) < 4.78 is 5.11. The molecular weight excluding hydrogens is 268 g/mol. The first kappa shape index (κ1) is 17.2. The number of esters is 1. The number of aromatic nitrogens is 1. The van der Waals surface area contributed by atoms with Crippen molar-refractivity contribution in [1.29, 1.82) is 0 Å². The molecule has 0 spiro atoms. The van der Waals surface area contributed by atoms with Gasteiger partial charge in [0.25, 0.3) is 0 Å². The van der Waals surface area contributed by atoms with Crippen molar-refractivity contribution in [1.82, 2.24) is 9.88 Å². The third-order valence-electron chi connectivity index (χ3n) is 3.16. The average Bonchev–Trinajstić information content (AvgIpc) is 2.40. The minimum absolute atomic E-state index is 0.217. The molecule has 21 heavy (non-hydrogen) atoms. The number of anilines is 2. The van der Waals surface area contributed by atoms with Crippen molar-refractivity contribution in [3.63, 3.8) is 0 Å². The lowest BCUT2D eigenvalue weighted by Gasteiger charge is -2.32. The van der Waals surface area contributed by atoms with Gasteiger partial charge in [-0.25, -0.2) is 9.78 Å². The molecule has 1 aromatic rings. The second kappa shape index (κ2) is 7.83. The Labute approximate surface area is 126 Å². The molecule has 0 bridgehead atoms. The molecule has 1 heterocycles. The van der Waals surface area contributed by atoms with Gasteiger partial charge in [-0.15, -0.1) is 0 Å². The summed E-state index contributed by atoms with van der Waals surface area (Å²) in [6.45, 7) is 7.87. The van der Waals surface area contributed by atoms with E-state index in [0.717, 1.165) is 13.1 Å². The van der Waals surface area contributed by atoms with Gasteiger partial charge >= 0.3 is 5.97 Å². The van der Waals surface area contributed by atoms with E-state index in [2.05, 4.69) is 21.7 Å². The molecule has 0 radical (unpaired) electrons. The van der Waals surface area contributed by atoms with Crippen LogP contribution < -0.4 is 10.6 Å². The maximum absolute atomic E-state index is 12.1. The zero-order valence-corrected chi connectivity index (χ0v) is 13.6. The maximum atomic E-state index is 12.1. The monoisotopic (exact) mass is 294 g/mol. The molecule has 1 rings (SSSR count). The molecule has 1 aromatic heterocycles. The molecule has 1 atom stereocenters. The number of nitrogen functional groups attached to an aromatic ring is 1. The molecule has 0 amide bonds. The van der Waals surface area contributed by atoms with Gasteiger partial charge in [0.05, 0.1) is 18.5 Å². The number of likely N-dealkylation sites (N-methyl/N-ethyl adjacent to an activating group) is 2. The van der Waals surface area contributed by atoms with Crippen LogP contribution in [0.15, 0.2) is 12.3 Å². The first-order valence-corrected chi connectivity index (χ1v) is 7.24. The van der Waals surface area contributed by atoms with Crippen molar-refractivity contribution in [3.8, 4) is 0 Å². The lowest BCUT2D eigenvalue weighted by molar-refractivity contribution is 0.0526. The van der Waals surface area contributed by atoms with E-state index < -0.39 is 0 Å². The van der Waals surface area contributed by atoms with E-state index in [1.165, 1.54) is 0 Å². The zero-order chi connectivity index (χ0) is 16.0. The van der Waals surface area contributed by atoms with Gasteiger partial charge in [-0.1, -0.05) is 0 Å². The fourth-order valence-electron chi connectivity index (χ4n) is 2.36. The number of pyridine rings is 1. The highest BCUT2D eigenvalue weighted by Crippen LogP contribution is 2.23. The summed E-state index contributed by atoms with van der Waals surface area (Å²) in [5, 5.41) is 0. The van der Waals surface area contributed by atoms with Crippen LogP contribution in [0, 0.1) is 0 Å². The number of nitrogens with two attached hydrogens (primary N) is 1. The third kappa shape index (κ3) is 4.60. The molecule has 0 saturated heterocycles. The number of rotatable bonds is 7. The van der Waals surface area contributed by atoms with Gasteiger partial charge < -0.3 is 20.3 Å². The molecule has 0 fully saturated rings. The molecule has 1 unspecified atom stereocenters. The van der Waals surface area contributed by atoms with E-state index in [9.17, 15) is 4.79 Å². The SMILES string of the molecule is CCOC(=O)c1cc(N)cnc1N(CC)C(C)CN(C)C. The second-order valence-corrected chi connectivity index (χ2v) is 5.26. The highest BCUT2D eigenvalue weighted by molar-refractivity contribution is 5.95. The highest BCUT2D eigenvalue weighted by atomic mass is 16.5. The fraction of sp³-hybridized carbons (Fsp3) is 0.600. The number of carbonyl (C=O) groups is 1. The molecule has 0 aliphatic rings. The van der Waals surface area contributed by atoms with Crippen molar-refractivity contribution in [2.24, 2.45) is 0 Å². The number of hydrogen-bond acceptors (Lipinski definition) is 6. The predicted octanol–water partition coefficient (Wildman–Crippen LogP) is 1.62. The molecule has 0 aliphatic carbocycles. The van der Waals surface area contributed by atoms with Gasteiger partial charge in [-0.05, 0) is 40.9 Å². The molecule has 6 heteroatoms. The van der Waals surface area contributed by atoms with Gasteiger partial charge in [-0.3, -0.25) is 0 Å². The van der Waals surface area contributed by atoms with Crippen LogP contribution in [0.1, 0.15) is 31.1 Å². The molecule has 118 valence electrons. The van der Waals surface area contributed by atoms with Crippen LogP contribution in [0.25, 0.3) is 0 Å². The first-order valence-electron chi connectivity index (χ1n) is 7.24. The molecule has 2 N–H and O–H groups in total. The van der Waals surface area contributed by atoms with Gasteiger partial charge in [0.1, 0.15) is 11.4 Å². The van der Waals surface area contributed by atoms with Crippen molar-refractivity contribution in [3.05, 3.63) is 17.8 Å². The Morgan fingerprint density at radius 3 is 2.62 bits per heavy atom. The van der Waals surface area contributed by atoms with Crippen LogP contribution in [0.3, 0.4) is 0 Å². The highest BCUT2D eigenvalue weighted by Gasteiger charge is 2.22. The smallest absolute Gasteiger partial charge is 0.341 e. The first-order chi connectivity index (χ1) is 9.90. The van der Waals surface area contributed by atoms with Crippen LogP contribution in [0.2, 0.25) is 0 Å². The number of hydrogen-bond donors (Lipinski definition) is 1. The largest absolute Gasteiger partial charge is 0.462 e. The third-order valence-corrected chi connectivity index (χ3v) is 3.16. The molecule has 0 aliphatic heterocycles. The Morgan fingerprint density at radius 2 is 2.10 bits per heavy atom. The number of ether oxygens (including phenoxy) is 1. The summed E-state index contributed by atoms with van der Waals surface area (Å²) in [7, 11) is 4.04. The summed E-state index contributed by atoms with van der Waals surface area (Å²) in [6.07, 6.45) is 1.57. The minimum atomic E-state index is -0.386. The lowest BCUT2D eigenvalue weighted by atomic mass is 10.2. The van der Waals surface area contributed by atoms with E-state index >= 15 is 0 Å². The van der Waals surface area contributed by atoms with Crippen molar-refractivity contribution < 1.29 is 9.53 Å². The van der Waals surface area contributed by atoms with Crippen LogP contribution in [0.4, 0.5) is 11.5 Å². The average molecular weight is 294 g/mol. The summed E-state index contributed by atoms with van der Waals surface area (Å²) in [4.78, 5) is 20.7. The molecule has 0 aromatic carbocycles. The van der Waals surface area contributed by atoms with Crippen molar-refractivity contribution in [2.75, 3.05) is 44.4 Å². The minimum Gasteiger partial charge on any atom is -0.462 e. The van der Waals surface area contributed by atoms with Crippen LogP contribution in [-0.2, 0) is 4.74 Å². The molecule has 0 saturated carbocycles. The van der Waals surface area contributed by atoms with Crippen molar-refractivity contribution in [2.45, 2.75) is 26.8 Å². The molecular formula is C15H26N4O2. The summed E-state index contributed by atoms with van der Waals surface area (Å²) >= 11 is 0. The topological polar surface area (TPSA) is 71.7 Å². The Bertz CT molecular complexity index is 477. The van der Waals surface area contributed by atoms with E-state index in [4.69, 9.17) is 10.5 Å². The number of carbonyl (C=O) groups excluding carboxylic acids is 1.